The van der Waals surface area contributed by atoms with Gasteiger partial charge in [0.05, 0.1) is 12.7 Å². The second-order valence-corrected chi connectivity index (χ2v) is 7.07. The highest BCUT2D eigenvalue weighted by Crippen LogP contribution is 2.41. The molecule has 0 unspecified atom stereocenters. The first-order valence-electron chi connectivity index (χ1n) is 9.17. The third-order valence-electron chi connectivity index (χ3n) is 5.66. The van der Waals surface area contributed by atoms with Crippen molar-refractivity contribution in [2.24, 2.45) is 17.8 Å². The van der Waals surface area contributed by atoms with Crippen molar-refractivity contribution in [2.75, 3.05) is 6.61 Å². The molecule has 0 atom stereocenters. The fourth-order valence-electron chi connectivity index (χ4n) is 4.27. The first-order valence-corrected chi connectivity index (χ1v) is 9.17. The van der Waals surface area contributed by atoms with Gasteiger partial charge in [0.2, 0.25) is 0 Å². The van der Waals surface area contributed by atoms with E-state index in [1.807, 2.05) is 6.08 Å². The second-order valence-electron chi connectivity index (χ2n) is 7.07. The minimum absolute atomic E-state index is 0.534. The summed E-state index contributed by atoms with van der Waals surface area (Å²) >= 11 is 0. The molecule has 0 aromatic heterocycles. The van der Waals surface area contributed by atoms with Gasteiger partial charge in [-0.05, 0) is 88.9 Å². The molecule has 2 fully saturated rings. The minimum atomic E-state index is 0.534. The van der Waals surface area contributed by atoms with E-state index in [1.54, 1.807) is 0 Å². The molecule has 0 aromatic carbocycles. The topological polar surface area (TPSA) is 9.23 Å². The number of rotatable bonds is 7. The number of ether oxygens (including phenoxy) is 1. The molecule has 1 heteroatoms. The Balaban J connectivity index is 1.63. The molecule has 21 heavy (non-hydrogen) atoms. The number of hydrogen-bond donors (Lipinski definition) is 0. The SMILES string of the molecule is C=CCCOC1CCC(C2CCC(C/C=C/C)CC2)CC1. The number of hydrogen-bond acceptors (Lipinski definition) is 1. The smallest absolute Gasteiger partial charge is 0.0575 e. The van der Waals surface area contributed by atoms with Crippen molar-refractivity contribution in [3.8, 4) is 0 Å². The summed E-state index contributed by atoms with van der Waals surface area (Å²) in [6, 6.07) is 0. The van der Waals surface area contributed by atoms with Crippen LogP contribution in [0.4, 0.5) is 0 Å². The van der Waals surface area contributed by atoms with E-state index in [0.717, 1.165) is 30.8 Å². The van der Waals surface area contributed by atoms with Gasteiger partial charge < -0.3 is 4.74 Å². The Morgan fingerprint density at radius 1 is 0.952 bits per heavy atom. The van der Waals surface area contributed by atoms with Crippen LogP contribution >= 0.6 is 0 Å². The molecular formula is C20H34O. The van der Waals surface area contributed by atoms with E-state index in [9.17, 15) is 0 Å². The number of allylic oxidation sites excluding steroid dienone is 2. The monoisotopic (exact) mass is 290 g/mol. The highest BCUT2D eigenvalue weighted by atomic mass is 16.5. The molecule has 0 amide bonds. The lowest BCUT2D eigenvalue weighted by atomic mass is 9.70. The van der Waals surface area contributed by atoms with Gasteiger partial charge in [-0.15, -0.1) is 6.58 Å². The van der Waals surface area contributed by atoms with Gasteiger partial charge >= 0.3 is 0 Å². The van der Waals surface area contributed by atoms with Crippen molar-refractivity contribution in [3.05, 3.63) is 24.8 Å². The average Bonchev–Trinajstić information content (AvgIpc) is 2.54. The summed E-state index contributed by atoms with van der Waals surface area (Å²) in [7, 11) is 0. The zero-order valence-electron chi connectivity index (χ0n) is 13.9. The summed E-state index contributed by atoms with van der Waals surface area (Å²) in [5.41, 5.74) is 0. The van der Waals surface area contributed by atoms with Crippen LogP contribution in [-0.4, -0.2) is 12.7 Å². The van der Waals surface area contributed by atoms with E-state index in [4.69, 9.17) is 4.74 Å². The van der Waals surface area contributed by atoms with E-state index < -0.39 is 0 Å². The lowest BCUT2D eigenvalue weighted by Gasteiger charge is -2.37. The quantitative estimate of drug-likeness (QED) is 0.418. The van der Waals surface area contributed by atoms with Crippen molar-refractivity contribution in [1.29, 1.82) is 0 Å². The van der Waals surface area contributed by atoms with E-state index in [0.29, 0.717) is 6.10 Å². The predicted molar refractivity (Wildman–Crippen MR) is 91.4 cm³/mol. The molecule has 2 rings (SSSR count). The van der Waals surface area contributed by atoms with Crippen LogP contribution in [0.15, 0.2) is 24.8 Å². The Bertz CT molecular complexity index is 304. The van der Waals surface area contributed by atoms with Crippen LogP contribution in [0.1, 0.15) is 71.1 Å². The van der Waals surface area contributed by atoms with Crippen molar-refractivity contribution in [1.82, 2.24) is 0 Å². The highest BCUT2D eigenvalue weighted by Gasteiger charge is 2.30. The maximum atomic E-state index is 5.94. The molecule has 2 saturated carbocycles. The Morgan fingerprint density at radius 3 is 2.14 bits per heavy atom. The molecule has 0 saturated heterocycles. The van der Waals surface area contributed by atoms with Gasteiger partial charge in [0.15, 0.2) is 0 Å². The average molecular weight is 290 g/mol. The maximum Gasteiger partial charge on any atom is 0.0575 e. The summed E-state index contributed by atoms with van der Waals surface area (Å²) in [5.74, 6) is 2.98. The first-order chi connectivity index (χ1) is 10.3. The molecule has 0 aromatic rings. The predicted octanol–water partition coefficient (Wildman–Crippen LogP) is 5.91. The zero-order valence-corrected chi connectivity index (χ0v) is 13.9. The Morgan fingerprint density at radius 2 is 1.57 bits per heavy atom. The van der Waals surface area contributed by atoms with Crippen LogP contribution in [0, 0.1) is 17.8 Å². The molecule has 1 nitrogen and oxygen atoms in total. The molecule has 2 aliphatic carbocycles. The van der Waals surface area contributed by atoms with Gasteiger partial charge in [-0.2, -0.15) is 0 Å². The third kappa shape index (κ3) is 5.62. The fourth-order valence-corrected chi connectivity index (χ4v) is 4.27. The Labute approximate surface area is 131 Å². The van der Waals surface area contributed by atoms with Gasteiger partial charge in [0, 0.05) is 0 Å². The molecule has 0 radical (unpaired) electrons. The van der Waals surface area contributed by atoms with Gasteiger partial charge in [-0.25, -0.2) is 0 Å². The molecule has 2 aliphatic rings. The molecule has 0 heterocycles. The van der Waals surface area contributed by atoms with Crippen LogP contribution in [0.2, 0.25) is 0 Å². The van der Waals surface area contributed by atoms with Crippen molar-refractivity contribution < 1.29 is 4.74 Å². The normalized spacial score (nSPS) is 34.1. The summed E-state index contributed by atoms with van der Waals surface area (Å²) in [6.07, 6.45) is 20.6. The van der Waals surface area contributed by atoms with E-state index in [-0.39, 0.29) is 0 Å². The summed E-state index contributed by atoms with van der Waals surface area (Å²) in [4.78, 5) is 0. The molecule has 120 valence electrons. The van der Waals surface area contributed by atoms with Crippen LogP contribution in [0.3, 0.4) is 0 Å². The zero-order chi connectivity index (χ0) is 14.9. The van der Waals surface area contributed by atoms with Crippen LogP contribution < -0.4 is 0 Å². The van der Waals surface area contributed by atoms with E-state index in [2.05, 4.69) is 25.7 Å². The molecular weight excluding hydrogens is 256 g/mol. The van der Waals surface area contributed by atoms with Crippen molar-refractivity contribution in [2.45, 2.75) is 77.2 Å². The third-order valence-corrected chi connectivity index (χ3v) is 5.66. The molecule has 0 bridgehead atoms. The Kier molecular flexibility index (Phi) is 7.57. The van der Waals surface area contributed by atoms with Crippen LogP contribution in [0.25, 0.3) is 0 Å². The summed E-state index contributed by atoms with van der Waals surface area (Å²) in [6.45, 7) is 6.77. The van der Waals surface area contributed by atoms with E-state index in [1.165, 1.54) is 57.8 Å². The standard InChI is InChI=1S/C20H34O/c1-3-5-7-17-8-10-18(11-9-17)19-12-14-20(15-13-19)21-16-6-4-2/h3-5,17-20H,2,6-16H2,1H3/b5-3+. The van der Waals surface area contributed by atoms with Gasteiger partial charge in [-0.3, -0.25) is 0 Å². The largest absolute Gasteiger partial charge is 0.378 e. The summed E-state index contributed by atoms with van der Waals surface area (Å²) in [5, 5.41) is 0. The maximum absolute atomic E-state index is 5.94. The second kappa shape index (κ2) is 9.46. The van der Waals surface area contributed by atoms with Gasteiger partial charge in [-0.1, -0.05) is 18.2 Å². The molecule has 0 spiro atoms. The fraction of sp³-hybridized carbons (Fsp3) is 0.800. The molecule has 0 aliphatic heterocycles. The lowest BCUT2D eigenvalue weighted by molar-refractivity contribution is 0.00931. The van der Waals surface area contributed by atoms with Gasteiger partial charge in [0.25, 0.3) is 0 Å². The lowest BCUT2D eigenvalue weighted by Crippen LogP contribution is -2.28. The van der Waals surface area contributed by atoms with Crippen molar-refractivity contribution in [3.63, 3.8) is 0 Å². The highest BCUT2D eigenvalue weighted by molar-refractivity contribution is 4.86. The van der Waals surface area contributed by atoms with E-state index >= 15 is 0 Å². The minimum Gasteiger partial charge on any atom is -0.378 e. The first kappa shape index (κ1) is 16.8. The van der Waals surface area contributed by atoms with Gasteiger partial charge in [0.1, 0.15) is 0 Å². The Hall–Kier alpha value is -0.560. The van der Waals surface area contributed by atoms with Crippen molar-refractivity contribution >= 4 is 0 Å². The van der Waals surface area contributed by atoms with Crippen LogP contribution in [-0.2, 0) is 4.74 Å². The van der Waals surface area contributed by atoms with Crippen LogP contribution in [0.5, 0.6) is 0 Å². The molecule has 0 N–H and O–H groups in total. The summed E-state index contributed by atoms with van der Waals surface area (Å²) < 4.78 is 5.94.